The lowest BCUT2D eigenvalue weighted by molar-refractivity contribution is 0.0697. The van der Waals surface area contributed by atoms with Crippen molar-refractivity contribution in [2.24, 2.45) is 0 Å². The molecule has 0 unspecified atom stereocenters. The van der Waals surface area contributed by atoms with Crippen molar-refractivity contribution in [2.75, 3.05) is 4.90 Å². The molecule has 0 fully saturated rings. The summed E-state index contributed by atoms with van der Waals surface area (Å²) in [6, 6.07) is 13.2. The number of carbonyl (C=O) groups is 1. The second kappa shape index (κ2) is 4.95. The molecule has 1 N–H and O–H groups in total. The zero-order valence-corrected chi connectivity index (χ0v) is 11.6. The van der Waals surface area contributed by atoms with Crippen LogP contribution in [0.3, 0.4) is 0 Å². The number of nitrogens with zero attached hydrogens (tertiary/aromatic N) is 2. The maximum atomic E-state index is 11.0. The van der Waals surface area contributed by atoms with Gasteiger partial charge in [0.1, 0.15) is 0 Å². The molecule has 104 valence electrons. The van der Waals surface area contributed by atoms with E-state index in [9.17, 15) is 4.79 Å². The van der Waals surface area contributed by atoms with E-state index in [2.05, 4.69) is 11.0 Å². The van der Waals surface area contributed by atoms with Crippen molar-refractivity contribution in [1.29, 1.82) is 5.26 Å². The van der Waals surface area contributed by atoms with Gasteiger partial charge in [-0.05, 0) is 53.9 Å². The number of rotatable bonds is 2. The second-order valence-electron chi connectivity index (χ2n) is 5.26. The Balaban J connectivity index is 1.89. The fraction of sp³-hybridized carbons (Fsp3) is 0.176. The summed E-state index contributed by atoms with van der Waals surface area (Å²) in [5, 5.41) is 18.0. The molecule has 0 aromatic heterocycles. The van der Waals surface area contributed by atoms with E-state index >= 15 is 0 Å². The molecular weight excluding hydrogens is 264 g/mol. The molecule has 1 aliphatic heterocycles. The van der Waals surface area contributed by atoms with Crippen LogP contribution in [0.1, 0.15) is 32.6 Å². The third-order valence-electron chi connectivity index (χ3n) is 3.87. The van der Waals surface area contributed by atoms with Crippen LogP contribution in [0.5, 0.6) is 0 Å². The average molecular weight is 278 g/mol. The number of hydrogen-bond acceptors (Lipinski definition) is 3. The topological polar surface area (TPSA) is 64.3 Å². The first-order valence-corrected chi connectivity index (χ1v) is 6.69. The van der Waals surface area contributed by atoms with Crippen molar-refractivity contribution >= 4 is 11.7 Å². The first kappa shape index (κ1) is 13.2. The fourth-order valence-electron chi connectivity index (χ4n) is 2.68. The molecule has 0 saturated heterocycles. The molecule has 4 nitrogen and oxygen atoms in total. The van der Waals surface area contributed by atoms with Crippen LogP contribution in [0.2, 0.25) is 0 Å². The Morgan fingerprint density at radius 3 is 2.62 bits per heavy atom. The summed E-state index contributed by atoms with van der Waals surface area (Å²) < 4.78 is 0. The quantitative estimate of drug-likeness (QED) is 0.916. The number of benzene rings is 2. The van der Waals surface area contributed by atoms with Crippen LogP contribution in [-0.2, 0) is 13.1 Å². The molecule has 0 bridgehead atoms. The van der Waals surface area contributed by atoms with Crippen molar-refractivity contribution in [2.45, 2.75) is 20.0 Å². The molecule has 0 atom stereocenters. The Morgan fingerprint density at radius 1 is 1.19 bits per heavy atom. The smallest absolute Gasteiger partial charge is 0.335 e. The molecule has 2 aromatic rings. The maximum Gasteiger partial charge on any atom is 0.335 e. The molecule has 0 amide bonds. The fourth-order valence-corrected chi connectivity index (χ4v) is 2.68. The van der Waals surface area contributed by atoms with Gasteiger partial charge in [0.05, 0.1) is 17.2 Å². The summed E-state index contributed by atoms with van der Waals surface area (Å²) in [4.78, 5) is 13.2. The Hall–Kier alpha value is -2.80. The lowest BCUT2D eigenvalue weighted by Gasteiger charge is -2.18. The molecule has 0 saturated carbocycles. The maximum absolute atomic E-state index is 11.0. The normalized spacial score (nSPS) is 12.9. The van der Waals surface area contributed by atoms with E-state index < -0.39 is 5.97 Å². The van der Waals surface area contributed by atoms with Crippen LogP contribution in [-0.4, -0.2) is 11.1 Å². The minimum atomic E-state index is -0.898. The van der Waals surface area contributed by atoms with E-state index in [0.29, 0.717) is 17.7 Å². The van der Waals surface area contributed by atoms with Crippen molar-refractivity contribution in [3.63, 3.8) is 0 Å². The summed E-state index contributed by atoms with van der Waals surface area (Å²) in [6.07, 6.45) is 0. The standard InChI is InChI=1S/C17H14N2O2/c1-11-6-16(5-4-13(11)8-18)19-9-14-3-2-12(17(20)21)7-15(14)10-19/h2-7H,9-10H2,1H3,(H,20,21). The number of carboxylic acid groups (broad SMARTS) is 1. The van der Waals surface area contributed by atoms with Crippen LogP contribution >= 0.6 is 0 Å². The highest BCUT2D eigenvalue weighted by atomic mass is 16.4. The van der Waals surface area contributed by atoms with E-state index in [1.807, 2.05) is 31.2 Å². The Labute approximate surface area is 122 Å². The zero-order chi connectivity index (χ0) is 15.0. The highest BCUT2D eigenvalue weighted by Crippen LogP contribution is 2.30. The summed E-state index contributed by atoms with van der Waals surface area (Å²) in [5.74, 6) is -0.898. The van der Waals surface area contributed by atoms with Gasteiger partial charge in [-0.1, -0.05) is 6.07 Å². The van der Waals surface area contributed by atoms with Gasteiger partial charge in [0.2, 0.25) is 0 Å². The van der Waals surface area contributed by atoms with Gasteiger partial charge in [-0.2, -0.15) is 5.26 Å². The summed E-state index contributed by atoms with van der Waals surface area (Å²) >= 11 is 0. The highest BCUT2D eigenvalue weighted by Gasteiger charge is 2.20. The van der Waals surface area contributed by atoms with Crippen LogP contribution in [0, 0.1) is 18.3 Å². The summed E-state index contributed by atoms with van der Waals surface area (Å²) in [7, 11) is 0. The molecule has 21 heavy (non-hydrogen) atoms. The Bertz CT molecular complexity index is 775. The van der Waals surface area contributed by atoms with Crippen LogP contribution < -0.4 is 4.90 Å². The van der Waals surface area contributed by atoms with Crippen LogP contribution in [0.15, 0.2) is 36.4 Å². The third-order valence-corrected chi connectivity index (χ3v) is 3.87. The van der Waals surface area contributed by atoms with E-state index in [4.69, 9.17) is 10.4 Å². The number of nitriles is 1. The van der Waals surface area contributed by atoms with Crippen molar-refractivity contribution in [1.82, 2.24) is 0 Å². The minimum absolute atomic E-state index is 0.326. The SMILES string of the molecule is Cc1cc(N2Cc3ccc(C(=O)O)cc3C2)ccc1C#N. The van der Waals surface area contributed by atoms with E-state index in [-0.39, 0.29) is 0 Å². The highest BCUT2D eigenvalue weighted by molar-refractivity contribution is 5.88. The van der Waals surface area contributed by atoms with Crippen LogP contribution in [0.4, 0.5) is 5.69 Å². The van der Waals surface area contributed by atoms with Gasteiger partial charge in [-0.15, -0.1) is 0 Å². The number of carboxylic acids is 1. The Kier molecular flexibility index (Phi) is 3.11. The molecule has 1 heterocycles. The monoisotopic (exact) mass is 278 g/mol. The minimum Gasteiger partial charge on any atom is -0.478 e. The lowest BCUT2D eigenvalue weighted by atomic mass is 10.1. The largest absolute Gasteiger partial charge is 0.478 e. The Morgan fingerprint density at radius 2 is 1.95 bits per heavy atom. The molecule has 1 aliphatic rings. The number of hydrogen-bond donors (Lipinski definition) is 1. The number of aryl methyl sites for hydroxylation is 1. The zero-order valence-electron chi connectivity index (χ0n) is 11.6. The van der Waals surface area contributed by atoms with Gasteiger partial charge in [-0.25, -0.2) is 4.79 Å². The number of aromatic carboxylic acids is 1. The van der Waals surface area contributed by atoms with Crippen molar-refractivity contribution in [3.8, 4) is 6.07 Å². The van der Waals surface area contributed by atoms with Gasteiger partial charge in [0.25, 0.3) is 0 Å². The molecule has 3 rings (SSSR count). The predicted molar refractivity (Wildman–Crippen MR) is 79.2 cm³/mol. The first-order valence-electron chi connectivity index (χ1n) is 6.69. The van der Waals surface area contributed by atoms with Crippen LogP contribution in [0.25, 0.3) is 0 Å². The molecule has 4 heteroatoms. The van der Waals surface area contributed by atoms with Gasteiger partial charge in [0, 0.05) is 18.8 Å². The van der Waals surface area contributed by atoms with Crippen molar-refractivity contribution < 1.29 is 9.90 Å². The van der Waals surface area contributed by atoms with E-state index in [1.165, 1.54) is 0 Å². The number of anilines is 1. The van der Waals surface area contributed by atoms with E-state index in [1.54, 1.807) is 12.1 Å². The third kappa shape index (κ3) is 2.34. The molecular formula is C17H14N2O2. The molecule has 0 aliphatic carbocycles. The van der Waals surface area contributed by atoms with Gasteiger partial charge in [0.15, 0.2) is 0 Å². The average Bonchev–Trinajstić information content (AvgIpc) is 2.89. The summed E-state index contributed by atoms with van der Waals surface area (Å²) in [6.45, 7) is 3.39. The summed E-state index contributed by atoms with van der Waals surface area (Å²) in [5.41, 5.74) is 5.23. The predicted octanol–water partition coefficient (Wildman–Crippen LogP) is 3.09. The van der Waals surface area contributed by atoms with E-state index in [0.717, 1.165) is 28.9 Å². The molecule has 0 spiro atoms. The van der Waals surface area contributed by atoms with Gasteiger partial charge >= 0.3 is 5.97 Å². The first-order chi connectivity index (χ1) is 10.1. The number of fused-ring (bicyclic) bond motifs is 1. The van der Waals surface area contributed by atoms with Gasteiger partial charge < -0.3 is 10.0 Å². The molecule has 0 radical (unpaired) electrons. The second-order valence-corrected chi connectivity index (χ2v) is 5.26. The van der Waals surface area contributed by atoms with Crippen molar-refractivity contribution in [3.05, 3.63) is 64.2 Å². The lowest BCUT2D eigenvalue weighted by Crippen LogP contribution is -2.14. The molecule has 2 aromatic carbocycles. The van der Waals surface area contributed by atoms with Gasteiger partial charge in [-0.3, -0.25) is 0 Å².